The third kappa shape index (κ3) is 3.47. The largest absolute Gasteiger partial charge is 0.456 e. The lowest BCUT2D eigenvalue weighted by Crippen LogP contribution is -2.10. The number of rotatable bonds is 3. The number of hydrogen-bond acceptors (Lipinski definition) is 2. The average molecular weight is 357 g/mol. The molecular formula is C14H11BrClNOS. The van der Waals surface area contributed by atoms with Gasteiger partial charge in [0.05, 0.1) is 5.56 Å². The fourth-order valence-electron chi connectivity index (χ4n) is 1.63. The number of thiocarbonyl (C=S) groups is 1. The molecule has 0 saturated heterocycles. The first-order chi connectivity index (χ1) is 8.97. The van der Waals surface area contributed by atoms with Crippen LogP contribution in [-0.2, 0) is 0 Å². The maximum Gasteiger partial charge on any atom is 0.138 e. The van der Waals surface area contributed by atoms with Gasteiger partial charge in [0.25, 0.3) is 0 Å². The second-order valence-corrected chi connectivity index (χ2v) is 5.81. The molecule has 0 aliphatic carbocycles. The molecule has 0 aliphatic rings. The van der Waals surface area contributed by atoms with E-state index in [0.717, 1.165) is 15.8 Å². The topological polar surface area (TPSA) is 35.2 Å². The monoisotopic (exact) mass is 355 g/mol. The Kier molecular flexibility index (Phi) is 4.45. The molecule has 0 bridgehead atoms. The second-order valence-electron chi connectivity index (χ2n) is 4.02. The van der Waals surface area contributed by atoms with Crippen LogP contribution in [0.5, 0.6) is 11.5 Å². The van der Waals surface area contributed by atoms with Crippen LogP contribution in [0.25, 0.3) is 0 Å². The highest BCUT2D eigenvalue weighted by Gasteiger charge is 2.10. The van der Waals surface area contributed by atoms with Gasteiger partial charge in [-0.2, -0.15) is 0 Å². The van der Waals surface area contributed by atoms with E-state index in [2.05, 4.69) is 15.9 Å². The van der Waals surface area contributed by atoms with Gasteiger partial charge < -0.3 is 10.5 Å². The molecule has 0 fully saturated rings. The van der Waals surface area contributed by atoms with Crippen molar-refractivity contribution < 1.29 is 4.74 Å². The van der Waals surface area contributed by atoms with Crippen molar-refractivity contribution in [3.8, 4) is 11.5 Å². The average Bonchev–Trinajstić information content (AvgIpc) is 2.32. The summed E-state index contributed by atoms with van der Waals surface area (Å²) >= 11 is 14.4. The standard InChI is InChI=1S/C14H11BrClNOS/c1-8-6-10(16)3-5-12(8)18-13-7-9(15)2-4-11(13)14(17)19/h2-7H,1H3,(H2,17,19). The molecule has 98 valence electrons. The molecular weight excluding hydrogens is 346 g/mol. The van der Waals surface area contributed by atoms with E-state index >= 15 is 0 Å². The first-order valence-electron chi connectivity index (χ1n) is 5.51. The van der Waals surface area contributed by atoms with E-state index in [9.17, 15) is 0 Å². The van der Waals surface area contributed by atoms with Crippen LogP contribution < -0.4 is 10.5 Å². The zero-order valence-corrected chi connectivity index (χ0v) is 13.3. The van der Waals surface area contributed by atoms with Gasteiger partial charge in [0.1, 0.15) is 16.5 Å². The molecule has 0 radical (unpaired) electrons. The van der Waals surface area contributed by atoms with E-state index in [0.29, 0.717) is 21.3 Å². The van der Waals surface area contributed by atoms with Gasteiger partial charge in [-0.1, -0.05) is 39.7 Å². The highest BCUT2D eigenvalue weighted by Crippen LogP contribution is 2.31. The normalized spacial score (nSPS) is 10.3. The summed E-state index contributed by atoms with van der Waals surface area (Å²) in [6.07, 6.45) is 0. The van der Waals surface area contributed by atoms with Crippen LogP contribution in [0.2, 0.25) is 5.02 Å². The zero-order valence-electron chi connectivity index (χ0n) is 10.1. The van der Waals surface area contributed by atoms with Gasteiger partial charge in [-0.25, -0.2) is 0 Å². The maximum atomic E-state index is 5.92. The predicted molar refractivity (Wildman–Crippen MR) is 86.3 cm³/mol. The SMILES string of the molecule is Cc1cc(Cl)ccc1Oc1cc(Br)ccc1C(N)=S. The van der Waals surface area contributed by atoms with Crippen LogP contribution in [-0.4, -0.2) is 4.99 Å². The maximum absolute atomic E-state index is 5.92. The number of ether oxygens (including phenoxy) is 1. The molecule has 0 aromatic heterocycles. The Bertz CT molecular complexity index is 645. The Labute approximate surface area is 130 Å². The van der Waals surface area contributed by atoms with Crippen LogP contribution in [0.1, 0.15) is 11.1 Å². The van der Waals surface area contributed by atoms with Crippen LogP contribution in [0.4, 0.5) is 0 Å². The summed E-state index contributed by atoms with van der Waals surface area (Å²) in [6, 6.07) is 11.0. The fraction of sp³-hybridized carbons (Fsp3) is 0.0714. The third-order valence-corrected chi connectivity index (χ3v) is 3.51. The summed E-state index contributed by atoms with van der Waals surface area (Å²) in [5.41, 5.74) is 7.34. The van der Waals surface area contributed by atoms with Gasteiger partial charge in [0.2, 0.25) is 0 Å². The molecule has 2 nitrogen and oxygen atoms in total. The minimum Gasteiger partial charge on any atom is -0.456 e. The van der Waals surface area contributed by atoms with Crippen molar-refractivity contribution in [1.82, 2.24) is 0 Å². The van der Waals surface area contributed by atoms with Crippen LogP contribution in [0.3, 0.4) is 0 Å². The molecule has 2 N–H and O–H groups in total. The van der Waals surface area contributed by atoms with Crippen molar-refractivity contribution in [2.45, 2.75) is 6.92 Å². The lowest BCUT2D eigenvalue weighted by molar-refractivity contribution is 0.477. The van der Waals surface area contributed by atoms with E-state index in [-0.39, 0.29) is 0 Å². The van der Waals surface area contributed by atoms with Gasteiger partial charge in [-0.3, -0.25) is 0 Å². The molecule has 2 aromatic carbocycles. The molecule has 2 rings (SSSR count). The lowest BCUT2D eigenvalue weighted by Gasteiger charge is -2.12. The first kappa shape index (κ1) is 14.3. The highest BCUT2D eigenvalue weighted by molar-refractivity contribution is 9.10. The van der Waals surface area contributed by atoms with Crippen molar-refractivity contribution in [3.05, 3.63) is 57.0 Å². The van der Waals surface area contributed by atoms with Crippen molar-refractivity contribution in [1.29, 1.82) is 0 Å². The van der Waals surface area contributed by atoms with Gasteiger partial charge in [0.15, 0.2) is 0 Å². The smallest absolute Gasteiger partial charge is 0.138 e. The van der Waals surface area contributed by atoms with Gasteiger partial charge >= 0.3 is 0 Å². The Morgan fingerprint density at radius 1 is 1.21 bits per heavy atom. The first-order valence-corrected chi connectivity index (χ1v) is 7.08. The van der Waals surface area contributed by atoms with Crippen LogP contribution in [0, 0.1) is 6.92 Å². The number of aryl methyl sites for hydroxylation is 1. The van der Waals surface area contributed by atoms with E-state index in [1.165, 1.54) is 0 Å². The van der Waals surface area contributed by atoms with Crippen LogP contribution >= 0.6 is 39.7 Å². The van der Waals surface area contributed by atoms with Crippen molar-refractivity contribution in [2.24, 2.45) is 5.73 Å². The summed E-state index contributed by atoms with van der Waals surface area (Å²) in [6.45, 7) is 1.93. The van der Waals surface area contributed by atoms with E-state index in [1.54, 1.807) is 6.07 Å². The van der Waals surface area contributed by atoms with Crippen molar-refractivity contribution in [2.75, 3.05) is 0 Å². The molecule has 0 saturated carbocycles. The molecule has 0 heterocycles. The summed E-state index contributed by atoms with van der Waals surface area (Å²) in [5, 5.41) is 0.675. The molecule has 5 heteroatoms. The van der Waals surface area contributed by atoms with Gasteiger partial charge in [-0.05, 0) is 48.9 Å². The molecule has 0 amide bonds. The Morgan fingerprint density at radius 3 is 2.58 bits per heavy atom. The highest BCUT2D eigenvalue weighted by atomic mass is 79.9. The summed E-state index contributed by atoms with van der Waals surface area (Å²) in [7, 11) is 0. The van der Waals surface area contributed by atoms with Gasteiger partial charge in [0, 0.05) is 9.50 Å². The predicted octanol–water partition coefficient (Wildman–Crippen LogP) is 4.84. The number of nitrogens with two attached hydrogens (primary N) is 1. The molecule has 0 spiro atoms. The number of halogens is 2. The van der Waals surface area contributed by atoms with Crippen molar-refractivity contribution in [3.63, 3.8) is 0 Å². The van der Waals surface area contributed by atoms with Gasteiger partial charge in [-0.15, -0.1) is 0 Å². The Morgan fingerprint density at radius 2 is 1.95 bits per heavy atom. The summed E-state index contributed by atoms with van der Waals surface area (Å²) in [4.78, 5) is 0.300. The Hall–Kier alpha value is -1.10. The zero-order chi connectivity index (χ0) is 14.0. The quantitative estimate of drug-likeness (QED) is 0.799. The minimum atomic E-state index is 0.300. The lowest BCUT2D eigenvalue weighted by atomic mass is 10.2. The summed E-state index contributed by atoms with van der Waals surface area (Å²) in [5.74, 6) is 1.34. The molecule has 19 heavy (non-hydrogen) atoms. The minimum absolute atomic E-state index is 0.300. The third-order valence-electron chi connectivity index (χ3n) is 2.57. The number of benzene rings is 2. The van der Waals surface area contributed by atoms with Crippen molar-refractivity contribution >= 4 is 44.7 Å². The van der Waals surface area contributed by atoms with Crippen LogP contribution in [0.15, 0.2) is 40.9 Å². The molecule has 0 aliphatic heterocycles. The second kappa shape index (κ2) is 5.90. The Balaban J connectivity index is 2.42. The molecule has 0 unspecified atom stereocenters. The molecule has 2 aromatic rings. The number of hydrogen-bond donors (Lipinski definition) is 1. The van der Waals surface area contributed by atoms with E-state index in [4.69, 9.17) is 34.3 Å². The molecule has 0 atom stereocenters. The summed E-state index contributed by atoms with van der Waals surface area (Å²) < 4.78 is 6.78. The van der Waals surface area contributed by atoms with E-state index < -0.39 is 0 Å². The fourth-order valence-corrected chi connectivity index (χ4v) is 2.37. The van der Waals surface area contributed by atoms with E-state index in [1.807, 2.05) is 37.3 Å².